The van der Waals surface area contributed by atoms with Crippen LogP contribution in [0, 0.1) is 0 Å². The Morgan fingerprint density at radius 3 is 2.09 bits per heavy atom. The fourth-order valence-corrected chi connectivity index (χ4v) is 6.37. The van der Waals surface area contributed by atoms with E-state index in [0.717, 1.165) is 33.5 Å². The van der Waals surface area contributed by atoms with E-state index < -0.39 is 0 Å². The zero-order valence-corrected chi connectivity index (χ0v) is 25.5. The molecular weight excluding hydrogens is 546 g/mol. The molecule has 218 valence electrons. The molecule has 0 atom stereocenters. The minimum atomic E-state index is 0.754. The third kappa shape index (κ3) is 4.99. The van der Waals surface area contributed by atoms with Gasteiger partial charge >= 0.3 is 0 Å². The third-order valence-corrected chi connectivity index (χ3v) is 8.59. The summed E-state index contributed by atoms with van der Waals surface area (Å²) in [4.78, 5) is 0. The minimum Gasteiger partial charge on any atom is -0.404 e. The monoisotopic (exact) mass is 581 g/mol. The van der Waals surface area contributed by atoms with Gasteiger partial charge in [-0.05, 0) is 100 Å². The highest BCUT2D eigenvalue weighted by atomic mass is 15.0. The Morgan fingerprint density at radius 2 is 1.29 bits per heavy atom. The molecule has 0 spiro atoms. The first kappa shape index (κ1) is 28.0. The predicted octanol–water partition coefficient (Wildman–Crippen LogP) is 10.5. The van der Waals surface area contributed by atoms with Crippen LogP contribution >= 0.6 is 0 Å². The lowest BCUT2D eigenvalue weighted by Gasteiger charge is -2.12. The van der Waals surface area contributed by atoms with E-state index in [1.807, 2.05) is 44.2 Å². The smallest absolute Gasteiger partial charge is 0.0619 e. The van der Waals surface area contributed by atoms with Crippen LogP contribution in [0.15, 0.2) is 152 Å². The van der Waals surface area contributed by atoms with E-state index in [1.54, 1.807) is 6.20 Å². The minimum absolute atomic E-state index is 0.754. The van der Waals surface area contributed by atoms with Gasteiger partial charge in [-0.2, -0.15) is 0 Å². The molecule has 0 saturated carbocycles. The number of benzene rings is 6. The fraction of sp³-hybridized carbons (Fsp3) is 0.0476. The van der Waals surface area contributed by atoms with Crippen molar-refractivity contribution >= 4 is 54.6 Å². The topological polar surface area (TPSA) is 57.0 Å². The first-order chi connectivity index (χ1) is 22.1. The number of aromatic nitrogens is 1. The summed E-state index contributed by atoms with van der Waals surface area (Å²) in [5.41, 5.74) is 22.1. The summed E-state index contributed by atoms with van der Waals surface area (Å²) >= 11 is 0. The van der Waals surface area contributed by atoms with Crippen molar-refractivity contribution in [2.75, 3.05) is 0 Å². The summed E-state index contributed by atoms with van der Waals surface area (Å²) in [5.74, 6) is 0. The standard InChI is InChI=1S/C42H35N3/c1-3-5-12-40(44)34-19-20-37-33(25-34)18-22-39-38-21-17-32(26-41(38)45(42(37)39)36-10-7-6-8-11-36)30-14-13-29-24-31(16-15-28(29)23-30)35(27-43)9-4-2/h3-27H,43-44H2,1-2H3/b5-3-,9-4-,35-27+,40-12-. The van der Waals surface area contributed by atoms with Crippen LogP contribution in [0.1, 0.15) is 25.0 Å². The Morgan fingerprint density at radius 1 is 0.622 bits per heavy atom. The lowest BCUT2D eigenvalue weighted by Crippen LogP contribution is -1.97. The Labute approximate surface area is 263 Å². The van der Waals surface area contributed by atoms with Gasteiger partial charge in [0, 0.05) is 33.7 Å². The molecule has 1 heterocycles. The molecule has 0 fully saturated rings. The molecule has 0 aliphatic heterocycles. The second-order valence-electron chi connectivity index (χ2n) is 11.3. The molecule has 0 amide bonds. The van der Waals surface area contributed by atoms with Crippen LogP contribution in [-0.4, -0.2) is 4.57 Å². The molecule has 0 saturated heterocycles. The van der Waals surface area contributed by atoms with Crippen molar-refractivity contribution in [2.45, 2.75) is 13.8 Å². The lowest BCUT2D eigenvalue weighted by molar-refractivity contribution is 1.19. The van der Waals surface area contributed by atoms with Gasteiger partial charge in [-0.25, -0.2) is 0 Å². The van der Waals surface area contributed by atoms with Crippen molar-refractivity contribution in [3.05, 3.63) is 163 Å². The fourth-order valence-electron chi connectivity index (χ4n) is 6.37. The SMILES string of the molecule is C/C=C\C=C(/N)c1ccc2c(ccc3c4ccc(-c5ccc6cc(C(/C=C\C)=C/N)ccc6c5)cc4n(-c4ccccc4)c23)c1. The Kier molecular flexibility index (Phi) is 7.28. The van der Waals surface area contributed by atoms with E-state index in [1.165, 1.54) is 49.1 Å². The van der Waals surface area contributed by atoms with Crippen LogP contribution in [0.5, 0.6) is 0 Å². The van der Waals surface area contributed by atoms with Crippen molar-refractivity contribution < 1.29 is 0 Å². The van der Waals surface area contributed by atoms with Crippen molar-refractivity contribution in [2.24, 2.45) is 11.5 Å². The number of fused-ring (bicyclic) bond motifs is 6. The maximum Gasteiger partial charge on any atom is 0.0619 e. The van der Waals surface area contributed by atoms with Gasteiger partial charge in [0.05, 0.1) is 11.0 Å². The van der Waals surface area contributed by atoms with Crippen molar-refractivity contribution in [1.82, 2.24) is 4.57 Å². The molecule has 3 heteroatoms. The van der Waals surface area contributed by atoms with E-state index >= 15 is 0 Å². The van der Waals surface area contributed by atoms with Crippen LogP contribution < -0.4 is 11.5 Å². The van der Waals surface area contributed by atoms with Crippen molar-refractivity contribution in [3.63, 3.8) is 0 Å². The normalized spacial score (nSPS) is 12.9. The first-order valence-electron chi connectivity index (χ1n) is 15.3. The van der Waals surface area contributed by atoms with Crippen LogP contribution in [0.4, 0.5) is 0 Å². The molecule has 3 nitrogen and oxygen atoms in total. The molecule has 0 aliphatic carbocycles. The van der Waals surface area contributed by atoms with E-state index in [0.29, 0.717) is 0 Å². The number of hydrogen-bond acceptors (Lipinski definition) is 2. The number of nitrogens with two attached hydrogens (primary N) is 2. The quantitative estimate of drug-likeness (QED) is 0.192. The summed E-state index contributed by atoms with van der Waals surface area (Å²) in [6.45, 7) is 4.00. The lowest BCUT2D eigenvalue weighted by atomic mass is 9.97. The molecule has 1 aromatic heterocycles. The summed E-state index contributed by atoms with van der Waals surface area (Å²) < 4.78 is 2.41. The number of hydrogen-bond donors (Lipinski definition) is 2. The predicted molar refractivity (Wildman–Crippen MR) is 195 cm³/mol. The Hall–Kier alpha value is -5.80. The van der Waals surface area contributed by atoms with Crippen molar-refractivity contribution in [1.29, 1.82) is 0 Å². The van der Waals surface area contributed by atoms with Gasteiger partial charge in [-0.3, -0.25) is 0 Å². The van der Waals surface area contributed by atoms with Crippen LogP contribution in [0.2, 0.25) is 0 Å². The molecule has 0 bridgehead atoms. The Bertz CT molecular complexity index is 2350. The second kappa shape index (κ2) is 11.7. The van der Waals surface area contributed by atoms with Gasteiger partial charge < -0.3 is 16.0 Å². The summed E-state index contributed by atoms with van der Waals surface area (Å²) in [6, 6.07) is 41.7. The van der Waals surface area contributed by atoms with E-state index in [9.17, 15) is 0 Å². The largest absolute Gasteiger partial charge is 0.404 e. The zero-order chi connectivity index (χ0) is 30.9. The number of para-hydroxylation sites is 1. The highest BCUT2D eigenvalue weighted by molar-refractivity contribution is 6.19. The van der Waals surface area contributed by atoms with Crippen LogP contribution in [-0.2, 0) is 0 Å². The molecule has 7 rings (SSSR count). The van der Waals surface area contributed by atoms with Crippen LogP contribution in [0.25, 0.3) is 71.4 Å². The molecule has 0 radical (unpaired) electrons. The van der Waals surface area contributed by atoms with Gasteiger partial charge in [0.2, 0.25) is 0 Å². The molecule has 7 aromatic rings. The molecule has 0 unspecified atom stereocenters. The average molecular weight is 582 g/mol. The zero-order valence-electron chi connectivity index (χ0n) is 25.5. The third-order valence-electron chi connectivity index (χ3n) is 8.59. The average Bonchev–Trinajstić information content (AvgIpc) is 3.43. The van der Waals surface area contributed by atoms with Crippen molar-refractivity contribution in [3.8, 4) is 16.8 Å². The van der Waals surface area contributed by atoms with Gasteiger partial charge in [0.15, 0.2) is 0 Å². The summed E-state index contributed by atoms with van der Waals surface area (Å²) in [6.07, 6.45) is 11.6. The first-order valence-corrected chi connectivity index (χ1v) is 15.3. The van der Waals surface area contributed by atoms with Gasteiger partial charge in [0.25, 0.3) is 0 Å². The number of nitrogens with zero attached hydrogens (tertiary/aromatic N) is 1. The molecule has 4 N–H and O–H groups in total. The molecule has 0 aliphatic rings. The van der Waals surface area contributed by atoms with E-state index in [2.05, 4.69) is 120 Å². The summed E-state index contributed by atoms with van der Waals surface area (Å²) in [5, 5.41) is 7.20. The van der Waals surface area contributed by atoms with E-state index in [4.69, 9.17) is 11.5 Å². The van der Waals surface area contributed by atoms with E-state index in [-0.39, 0.29) is 0 Å². The highest BCUT2D eigenvalue weighted by Gasteiger charge is 2.16. The molecule has 6 aromatic carbocycles. The van der Waals surface area contributed by atoms with Gasteiger partial charge in [-0.15, -0.1) is 0 Å². The summed E-state index contributed by atoms with van der Waals surface area (Å²) in [7, 11) is 0. The number of allylic oxidation sites excluding steroid dienone is 6. The maximum atomic E-state index is 6.41. The Balaban J connectivity index is 1.42. The number of rotatable bonds is 6. The van der Waals surface area contributed by atoms with Gasteiger partial charge in [-0.1, -0.05) is 103 Å². The van der Waals surface area contributed by atoms with Gasteiger partial charge in [0.1, 0.15) is 0 Å². The maximum absolute atomic E-state index is 6.41. The van der Waals surface area contributed by atoms with Crippen LogP contribution in [0.3, 0.4) is 0 Å². The molecule has 45 heavy (non-hydrogen) atoms. The molecular formula is C42H35N3. The second-order valence-corrected chi connectivity index (χ2v) is 11.3. The highest BCUT2D eigenvalue weighted by Crippen LogP contribution is 2.39.